The Labute approximate surface area is 147 Å². The number of ether oxygens (including phenoxy) is 2. The zero-order valence-corrected chi connectivity index (χ0v) is 15.8. The first-order valence-corrected chi connectivity index (χ1v) is 9.33. The largest absolute Gasteiger partial charge is 0.478 e. The van der Waals surface area contributed by atoms with Gasteiger partial charge < -0.3 is 19.7 Å². The standard InChI is InChI=1S/C16H26N4O3S/c1-6-22-13-9-12(18-14(19-13)24-5)17-11-7-8-20(10-11)15(21)23-16(2,3)4/h9,11H,6-8,10H2,1-5H3,(H,17,18,19)/t11-/m0/s1. The van der Waals surface area contributed by atoms with Gasteiger partial charge in [0, 0.05) is 25.2 Å². The molecule has 0 aliphatic carbocycles. The van der Waals surface area contributed by atoms with Crippen LogP contribution >= 0.6 is 11.8 Å². The summed E-state index contributed by atoms with van der Waals surface area (Å²) in [5.41, 5.74) is -0.477. The van der Waals surface area contributed by atoms with Crippen molar-refractivity contribution in [3.8, 4) is 5.88 Å². The fourth-order valence-corrected chi connectivity index (χ4v) is 2.74. The van der Waals surface area contributed by atoms with E-state index in [1.54, 1.807) is 11.0 Å². The van der Waals surface area contributed by atoms with Gasteiger partial charge in [-0.25, -0.2) is 9.78 Å². The first-order chi connectivity index (χ1) is 11.3. The van der Waals surface area contributed by atoms with E-state index in [-0.39, 0.29) is 12.1 Å². The maximum Gasteiger partial charge on any atom is 0.410 e. The van der Waals surface area contributed by atoms with Crippen LogP contribution in [-0.2, 0) is 4.74 Å². The first-order valence-electron chi connectivity index (χ1n) is 8.11. The molecule has 1 saturated heterocycles. The van der Waals surface area contributed by atoms with E-state index in [9.17, 15) is 4.79 Å². The van der Waals surface area contributed by atoms with Crippen molar-refractivity contribution >= 4 is 23.7 Å². The average molecular weight is 354 g/mol. The molecular weight excluding hydrogens is 328 g/mol. The van der Waals surface area contributed by atoms with Gasteiger partial charge in [0.25, 0.3) is 0 Å². The van der Waals surface area contributed by atoms with Gasteiger partial charge in [-0.3, -0.25) is 0 Å². The van der Waals surface area contributed by atoms with Crippen LogP contribution in [0.2, 0.25) is 0 Å². The van der Waals surface area contributed by atoms with Crippen molar-refractivity contribution in [1.29, 1.82) is 0 Å². The highest BCUT2D eigenvalue weighted by Gasteiger charge is 2.30. The molecule has 0 spiro atoms. The fraction of sp³-hybridized carbons (Fsp3) is 0.688. The summed E-state index contributed by atoms with van der Waals surface area (Å²) in [5.74, 6) is 1.27. The Bertz CT molecular complexity index is 577. The number of carbonyl (C=O) groups is 1. The number of anilines is 1. The van der Waals surface area contributed by atoms with E-state index in [4.69, 9.17) is 9.47 Å². The average Bonchev–Trinajstić information content (AvgIpc) is 2.94. The van der Waals surface area contributed by atoms with E-state index in [0.717, 1.165) is 6.42 Å². The summed E-state index contributed by atoms with van der Waals surface area (Å²) in [6.45, 7) is 9.36. The molecule has 0 bridgehead atoms. The summed E-state index contributed by atoms with van der Waals surface area (Å²) < 4.78 is 10.9. The molecule has 2 rings (SSSR count). The van der Waals surface area contributed by atoms with Gasteiger partial charge in [-0.2, -0.15) is 4.98 Å². The van der Waals surface area contributed by atoms with Crippen LogP contribution in [0.25, 0.3) is 0 Å². The molecule has 1 aliphatic heterocycles. The minimum atomic E-state index is -0.477. The molecule has 1 aromatic rings. The van der Waals surface area contributed by atoms with Crippen LogP contribution in [0.1, 0.15) is 34.1 Å². The highest BCUT2D eigenvalue weighted by molar-refractivity contribution is 7.98. The molecule has 7 nitrogen and oxygen atoms in total. The van der Waals surface area contributed by atoms with Gasteiger partial charge in [-0.1, -0.05) is 11.8 Å². The second-order valence-electron chi connectivity index (χ2n) is 6.57. The molecule has 1 aromatic heterocycles. The number of rotatable bonds is 5. The number of aromatic nitrogens is 2. The quantitative estimate of drug-likeness (QED) is 0.643. The lowest BCUT2D eigenvalue weighted by molar-refractivity contribution is 0.0293. The molecule has 0 radical (unpaired) electrons. The number of carbonyl (C=O) groups excluding carboxylic acids is 1. The molecule has 0 saturated carbocycles. The van der Waals surface area contributed by atoms with Crippen molar-refractivity contribution in [3.05, 3.63) is 6.07 Å². The summed E-state index contributed by atoms with van der Waals surface area (Å²) >= 11 is 1.47. The van der Waals surface area contributed by atoms with E-state index in [2.05, 4.69) is 15.3 Å². The van der Waals surface area contributed by atoms with Crippen molar-refractivity contribution < 1.29 is 14.3 Å². The summed E-state index contributed by atoms with van der Waals surface area (Å²) in [7, 11) is 0. The minimum absolute atomic E-state index is 0.136. The number of amides is 1. The van der Waals surface area contributed by atoms with Crippen LogP contribution in [0.3, 0.4) is 0 Å². The molecule has 134 valence electrons. The molecule has 1 atom stereocenters. The highest BCUT2D eigenvalue weighted by Crippen LogP contribution is 2.22. The number of likely N-dealkylation sites (tertiary alicyclic amines) is 1. The van der Waals surface area contributed by atoms with Crippen molar-refractivity contribution in [1.82, 2.24) is 14.9 Å². The lowest BCUT2D eigenvalue weighted by Crippen LogP contribution is -2.36. The summed E-state index contributed by atoms with van der Waals surface area (Å²) in [6.07, 6.45) is 2.51. The van der Waals surface area contributed by atoms with Crippen LogP contribution in [0.15, 0.2) is 11.2 Å². The topological polar surface area (TPSA) is 76.6 Å². The van der Waals surface area contributed by atoms with Crippen LogP contribution in [0.4, 0.5) is 10.6 Å². The highest BCUT2D eigenvalue weighted by atomic mass is 32.2. The number of nitrogens with one attached hydrogen (secondary N) is 1. The normalized spacial score (nSPS) is 17.7. The summed E-state index contributed by atoms with van der Waals surface area (Å²) in [6, 6.07) is 1.93. The molecule has 0 unspecified atom stereocenters. The first kappa shape index (κ1) is 18.6. The summed E-state index contributed by atoms with van der Waals surface area (Å²) in [4.78, 5) is 22.6. The SMILES string of the molecule is CCOc1cc(N[C@H]2CCN(C(=O)OC(C)(C)C)C2)nc(SC)n1. The van der Waals surface area contributed by atoms with Crippen LogP contribution < -0.4 is 10.1 Å². The Kier molecular flexibility index (Phi) is 6.15. The molecule has 1 amide bonds. The Balaban J connectivity index is 1.97. The van der Waals surface area contributed by atoms with Gasteiger partial charge in [-0.05, 0) is 40.4 Å². The van der Waals surface area contributed by atoms with Crippen LogP contribution in [-0.4, -0.2) is 58.6 Å². The molecular formula is C16H26N4O3S. The van der Waals surface area contributed by atoms with Crippen molar-refractivity contribution in [2.24, 2.45) is 0 Å². The smallest absolute Gasteiger partial charge is 0.410 e. The van der Waals surface area contributed by atoms with Crippen LogP contribution in [0.5, 0.6) is 5.88 Å². The second-order valence-corrected chi connectivity index (χ2v) is 7.34. The third-order valence-electron chi connectivity index (χ3n) is 3.35. The van der Waals surface area contributed by atoms with E-state index in [1.165, 1.54) is 11.8 Å². The zero-order valence-electron chi connectivity index (χ0n) is 15.0. The van der Waals surface area contributed by atoms with Gasteiger partial charge in [0.1, 0.15) is 11.4 Å². The summed E-state index contributed by atoms with van der Waals surface area (Å²) in [5, 5.41) is 4.03. The Morgan fingerprint density at radius 3 is 2.83 bits per heavy atom. The maximum absolute atomic E-state index is 12.1. The third kappa shape index (κ3) is 5.43. The number of nitrogens with zero attached hydrogens (tertiary/aromatic N) is 3. The van der Waals surface area contributed by atoms with Crippen molar-refractivity contribution in [3.63, 3.8) is 0 Å². The lowest BCUT2D eigenvalue weighted by Gasteiger charge is -2.24. The Morgan fingerprint density at radius 2 is 2.21 bits per heavy atom. The van der Waals surface area contributed by atoms with Crippen molar-refractivity contribution in [2.45, 2.75) is 50.9 Å². The van der Waals surface area contributed by atoms with Gasteiger partial charge in [0.15, 0.2) is 5.16 Å². The zero-order chi connectivity index (χ0) is 17.7. The van der Waals surface area contributed by atoms with E-state index in [1.807, 2.05) is 34.0 Å². The predicted octanol–water partition coefficient (Wildman–Crippen LogP) is 3.02. The molecule has 0 aromatic carbocycles. The molecule has 24 heavy (non-hydrogen) atoms. The van der Waals surface area contributed by atoms with Crippen molar-refractivity contribution in [2.75, 3.05) is 31.3 Å². The third-order valence-corrected chi connectivity index (χ3v) is 3.90. The number of thioether (sulfide) groups is 1. The molecule has 1 fully saturated rings. The van der Waals surface area contributed by atoms with E-state index in [0.29, 0.717) is 36.6 Å². The Morgan fingerprint density at radius 1 is 1.46 bits per heavy atom. The van der Waals surface area contributed by atoms with Gasteiger partial charge >= 0.3 is 6.09 Å². The van der Waals surface area contributed by atoms with Gasteiger partial charge in [0.05, 0.1) is 6.61 Å². The minimum Gasteiger partial charge on any atom is -0.478 e. The fourth-order valence-electron chi connectivity index (χ4n) is 2.37. The second kappa shape index (κ2) is 7.92. The Hall–Kier alpha value is -1.70. The monoisotopic (exact) mass is 354 g/mol. The predicted molar refractivity (Wildman–Crippen MR) is 94.8 cm³/mol. The molecule has 1 N–H and O–H groups in total. The lowest BCUT2D eigenvalue weighted by atomic mass is 10.2. The van der Waals surface area contributed by atoms with Gasteiger partial charge in [-0.15, -0.1) is 0 Å². The van der Waals surface area contributed by atoms with E-state index < -0.39 is 5.60 Å². The maximum atomic E-state index is 12.1. The van der Waals surface area contributed by atoms with Gasteiger partial charge in [0.2, 0.25) is 5.88 Å². The molecule has 1 aliphatic rings. The number of hydrogen-bond acceptors (Lipinski definition) is 7. The van der Waals surface area contributed by atoms with Crippen LogP contribution in [0, 0.1) is 0 Å². The molecule has 8 heteroatoms. The molecule has 2 heterocycles. The van der Waals surface area contributed by atoms with E-state index >= 15 is 0 Å². The number of hydrogen-bond donors (Lipinski definition) is 1.